The molecule has 0 spiro atoms. The number of hydrogen-bond acceptors (Lipinski definition) is 6. The van der Waals surface area contributed by atoms with Crippen molar-refractivity contribution in [3.63, 3.8) is 0 Å². The van der Waals surface area contributed by atoms with Gasteiger partial charge in [0, 0.05) is 25.3 Å². The summed E-state index contributed by atoms with van der Waals surface area (Å²) in [5.41, 5.74) is -0.141. The van der Waals surface area contributed by atoms with E-state index in [2.05, 4.69) is 0 Å². The summed E-state index contributed by atoms with van der Waals surface area (Å²) < 4.78 is 55.3. The van der Waals surface area contributed by atoms with Crippen LogP contribution in [0.5, 0.6) is 5.75 Å². The van der Waals surface area contributed by atoms with Gasteiger partial charge in [-0.2, -0.15) is 13.2 Å². The molecule has 0 bridgehead atoms. The smallest absolute Gasteiger partial charge is 0.416 e. The second-order valence-electron chi connectivity index (χ2n) is 9.07. The summed E-state index contributed by atoms with van der Waals surface area (Å²) in [6.07, 6.45) is -3.96. The quantitative estimate of drug-likeness (QED) is 0.501. The molecule has 2 aromatic rings. The van der Waals surface area contributed by atoms with Crippen molar-refractivity contribution >= 4 is 23.5 Å². The van der Waals surface area contributed by atoms with E-state index in [1.165, 1.54) is 25.1 Å². The normalized spacial score (nSPS) is 20.7. The van der Waals surface area contributed by atoms with Gasteiger partial charge in [-0.15, -0.1) is 0 Å². The minimum atomic E-state index is -4.50. The zero-order chi connectivity index (χ0) is 28.9. The molecule has 4 rings (SSSR count). The SMILES string of the molecule is CC.COC(=O)C[C@@H]1CC[C@H]2[C@H](COc3ccc(N(C)C(=O)c4ccc(C(F)(F)F)cc4)cc3C(=O)N2C)O1. The molecular formula is C28H33F3N2O6. The van der Waals surface area contributed by atoms with Crippen molar-refractivity contribution in [2.45, 2.75) is 57.5 Å². The number of carbonyl (C=O) groups is 3. The number of fused-ring (bicyclic) bond motifs is 2. The van der Waals surface area contributed by atoms with Gasteiger partial charge in [-0.05, 0) is 55.3 Å². The third-order valence-electron chi connectivity index (χ3n) is 6.77. The Hall–Kier alpha value is -3.60. The molecule has 0 radical (unpaired) electrons. The predicted molar refractivity (Wildman–Crippen MR) is 138 cm³/mol. The number of rotatable bonds is 4. The minimum Gasteiger partial charge on any atom is -0.490 e. The lowest BCUT2D eigenvalue weighted by molar-refractivity contribution is -0.151. The Balaban J connectivity index is 0.00000205. The van der Waals surface area contributed by atoms with Gasteiger partial charge in [-0.1, -0.05) is 13.8 Å². The van der Waals surface area contributed by atoms with Crippen molar-refractivity contribution in [3.8, 4) is 5.75 Å². The van der Waals surface area contributed by atoms with Crippen LogP contribution in [0.15, 0.2) is 42.5 Å². The Labute approximate surface area is 225 Å². The first-order valence-corrected chi connectivity index (χ1v) is 12.7. The van der Waals surface area contributed by atoms with Crippen molar-refractivity contribution in [1.82, 2.24) is 4.90 Å². The van der Waals surface area contributed by atoms with E-state index in [9.17, 15) is 27.6 Å². The molecule has 212 valence electrons. The minimum absolute atomic E-state index is 0.0747. The molecule has 2 aromatic carbocycles. The first-order valence-electron chi connectivity index (χ1n) is 12.7. The Bertz CT molecular complexity index is 1180. The Morgan fingerprint density at radius 2 is 1.77 bits per heavy atom. The van der Waals surface area contributed by atoms with Crippen molar-refractivity contribution in [2.75, 3.05) is 32.7 Å². The highest BCUT2D eigenvalue weighted by Crippen LogP contribution is 2.34. The summed E-state index contributed by atoms with van der Waals surface area (Å²) in [6.45, 7) is 4.16. The Kier molecular flexibility index (Phi) is 9.60. The Morgan fingerprint density at radius 3 is 2.38 bits per heavy atom. The molecule has 11 heteroatoms. The van der Waals surface area contributed by atoms with Gasteiger partial charge < -0.3 is 24.0 Å². The number of halogens is 3. The number of methoxy groups -OCH3 is 1. The highest BCUT2D eigenvalue weighted by Gasteiger charge is 2.39. The summed E-state index contributed by atoms with van der Waals surface area (Å²) in [6, 6.07) is 8.36. The van der Waals surface area contributed by atoms with Crippen LogP contribution in [-0.2, 0) is 20.4 Å². The second kappa shape index (κ2) is 12.5. The van der Waals surface area contributed by atoms with Crippen molar-refractivity contribution in [1.29, 1.82) is 0 Å². The summed E-state index contributed by atoms with van der Waals surface area (Å²) >= 11 is 0. The third-order valence-corrected chi connectivity index (χ3v) is 6.77. The number of alkyl halides is 3. The zero-order valence-electron chi connectivity index (χ0n) is 22.6. The first kappa shape index (κ1) is 29.9. The van der Waals surface area contributed by atoms with E-state index in [4.69, 9.17) is 14.2 Å². The molecule has 0 aliphatic carbocycles. The van der Waals surface area contributed by atoms with Crippen LogP contribution in [0.4, 0.5) is 18.9 Å². The molecule has 39 heavy (non-hydrogen) atoms. The Morgan fingerprint density at radius 1 is 1.10 bits per heavy atom. The van der Waals surface area contributed by atoms with E-state index in [1.807, 2.05) is 13.8 Å². The molecule has 1 saturated heterocycles. The van der Waals surface area contributed by atoms with E-state index < -0.39 is 23.8 Å². The highest BCUT2D eigenvalue weighted by molar-refractivity contribution is 6.07. The fourth-order valence-corrected chi connectivity index (χ4v) is 4.61. The van der Waals surface area contributed by atoms with Gasteiger partial charge in [0.25, 0.3) is 11.8 Å². The topological polar surface area (TPSA) is 85.4 Å². The summed E-state index contributed by atoms with van der Waals surface area (Å²) in [4.78, 5) is 40.8. The number of nitrogens with zero attached hydrogens (tertiary/aromatic N) is 2. The second-order valence-corrected chi connectivity index (χ2v) is 9.07. The van der Waals surface area contributed by atoms with Crippen molar-refractivity contribution in [2.24, 2.45) is 0 Å². The van der Waals surface area contributed by atoms with E-state index in [1.54, 1.807) is 24.1 Å². The summed E-state index contributed by atoms with van der Waals surface area (Å²) in [5.74, 6) is -0.906. The van der Waals surface area contributed by atoms with E-state index >= 15 is 0 Å². The lowest BCUT2D eigenvalue weighted by atomic mass is 9.94. The fraction of sp³-hybridized carbons (Fsp3) is 0.464. The lowest BCUT2D eigenvalue weighted by Crippen LogP contribution is -2.53. The van der Waals surface area contributed by atoms with E-state index in [0.29, 0.717) is 24.3 Å². The molecule has 2 aliphatic heterocycles. The molecule has 0 unspecified atom stereocenters. The number of carbonyl (C=O) groups excluding carboxylic acids is 3. The monoisotopic (exact) mass is 550 g/mol. The summed E-state index contributed by atoms with van der Waals surface area (Å²) in [5, 5.41) is 0. The number of benzene rings is 2. The van der Waals surface area contributed by atoms with Gasteiger partial charge in [0.15, 0.2) is 0 Å². The molecule has 2 amide bonds. The molecule has 8 nitrogen and oxygen atoms in total. The van der Waals surface area contributed by atoms with Crippen LogP contribution in [0.2, 0.25) is 0 Å². The first-order chi connectivity index (χ1) is 18.5. The van der Waals surface area contributed by atoms with E-state index in [0.717, 1.165) is 24.3 Å². The van der Waals surface area contributed by atoms with Crippen LogP contribution < -0.4 is 9.64 Å². The molecule has 0 aromatic heterocycles. The number of anilines is 1. The number of esters is 1. The van der Waals surface area contributed by atoms with Gasteiger partial charge >= 0.3 is 12.1 Å². The number of amides is 2. The number of likely N-dealkylation sites (N-methyl/N-ethyl adjacent to an activating group) is 1. The van der Waals surface area contributed by atoms with Crippen molar-refractivity contribution in [3.05, 3.63) is 59.2 Å². The highest BCUT2D eigenvalue weighted by atomic mass is 19.4. The fourth-order valence-electron chi connectivity index (χ4n) is 4.61. The molecule has 2 aliphatic rings. The molecular weight excluding hydrogens is 517 g/mol. The van der Waals surface area contributed by atoms with Gasteiger partial charge in [0.2, 0.25) is 0 Å². The van der Waals surface area contributed by atoms with Crippen LogP contribution >= 0.6 is 0 Å². The van der Waals surface area contributed by atoms with Gasteiger partial charge in [-0.25, -0.2) is 0 Å². The van der Waals surface area contributed by atoms with Crippen molar-refractivity contribution < 1.29 is 41.8 Å². The third kappa shape index (κ3) is 6.70. The standard InChI is InChI=1S/C26H27F3N2O6.C2H6/c1-30(24(33)15-4-6-16(7-5-15)26(27,28)29)17-8-11-21-19(12-17)25(34)31(2)20-10-9-18(13-23(32)35-3)37-22(20)14-36-21;1-2/h4-8,11-12,18,20,22H,9-10,13-14H2,1-3H3;1-2H3/t18-,20-,22-;/m0./s1. The van der Waals surface area contributed by atoms with E-state index in [-0.39, 0.29) is 48.2 Å². The predicted octanol–water partition coefficient (Wildman–Crippen LogP) is 4.95. The maximum absolute atomic E-state index is 13.4. The van der Waals surface area contributed by atoms with Crippen LogP contribution in [0.25, 0.3) is 0 Å². The summed E-state index contributed by atoms with van der Waals surface area (Å²) in [7, 11) is 4.47. The van der Waals surface area contributed by atoms with Gasteiger partial charge in [-0.3, -0.25) is 14.4 Å². The molecule has 1 fully saturated rings. The maximum atomic E-state index is 13.4. The number of hydrogen-bond donors (Lipinski definition) is 0. The van der Waals surface area contributed by atoms with Crippen LogP contribution in [0.1, 0.15) is 59.4 Å². The molecule has 2 heterocycles. The molecule has 0 saturated carbocycles. The maximum Gasteiger partial charge on any atom is 0.416 e. The average molecular weight is 551 g/mol. The van der Waals surface area contributed by atoms with Crippen LogP contribution in [0.3, 0.4) is 0 Å². The van der Waals surface area contributed by atoms with Gasteiger partial charge in [0.1, 0.15) is 18.5 Å². The number of ether oxygens (including phenoxy) is 3. The van der Waals surface area contributed by atoms with Gasteiger partial charge in [0.05, 0.1) is 36.8 Å². The average Bonchev–Trinajstić information content (AvgIpc) is 2.94. The largest absolute Gasteiger partial charge is 0.490 e. The van der Waals surface area contributed by atoms with Crippen LogP contribution in [-0.4, -0.2) is 68.7 Å². The zero-order valence-corrected chi connectivity index (χ0v) is 22.6. The lowest BCUT2D eigenvalue weighted by Gasteiger charge is -2.42. The molecule has 3 atom stereocenters. The molecule has 0 N–H and O–H groups in total. The van der Waals surface area contributed by atoms with Crippen LogP contribution in [0, 0.1) is 0 Å².